The average molecular weight is 210 g/mol. The number of aromatic hydroxyl groups is 1. The van der Waals surface area contributed by atoms with Crippen molar-refractivity contribution >= 4 is 0 Å². The first-order chi connectivity index (χ1) is 7.08. The number of fused-ring (bicyclic) bond motifs is 1. The molecule has 1 aliphatic heterocycles. The highest BCUT2D eigenvalue weighted by Crippen LogP contribution is 2.44. The minimum atomic E-state index is -0.632. The van der Waals surface area contributed by atoms with Crippen molar-refractivity contribution < 1.29 is 14.2 Å². The van der Waals surface area contributed by atoms with Gasteiger partial charge in [0.15, 0.2) is 11.5 Å². The smallest absolute Gasteiger partial charge is 0.206 e. The van der Waals surface area contributed by atoms with E-state index in [0.29, 0.717) is 6.61 Å². The molecule has 0 spiro atoms. The predicted octanol–water partition coefficient (Wildman–Crippen LogP) is 2.98. The minimum Gasteiger partial charge on any atom is -0.505 e. The highest BCUT2D eigenvalue weighted by Gasteiger charge is 2.37. The van der Waals surface area contributed by atoms with Gasteiger partial charge in [-0.2, -0.15) is 4.39 Å². The summed E-state index contributed by atoms with van der Waals surface area (Å²) >= 11 is 0. The van der Waals surface area contributed by atoms with E-state index >= 15 is 0 Å². The Hall–Kier alpha value is -1.25. The highest BCUT2D eigenvalue weighted by atomic mass is 19.1. The topological polar surface area (TPSA) is 29.5 Å². The summed E-state index contributed by atoms with van der Waals surface area (Å²) in [6.07, 6.45) is 1.99. The molecule has 0 bridgehead atoms. The molecule has 2 rings (SSSR count). The molecule has 0 amide bonds. The first-order valence-corrected chi connectivity index (χ1v) is 5.23. The van der Waals surface area contributed by atoms with Crippen molar-refractivity contribution in [2.45, 2.75) is 32.1 Å². The molecular weight excluding hydrogens is 195 g/mol. The Morgan fingerprint density at radius 1 is 1.53 bits per heavy atom. The number of halogens is 1. The van der Waals surface area contributed by atoms with E-state index in [-0.39, 0.29) is 16.9 Å². The number of phenols is 1. The molecule has 0 saturated heterocycles. The Bertz CT molecular complexity index is 389. The van der Waals surface area contributed by atoms with Gasteiger partial charge in [-0.05, 0) is 12.5 Å². The summed E-state index contributed by atoms with van der Waals surface area (Å²) in [5, 5.41) is 9.23. The highest BCUT2D eigenvalue weighted by molar-refractivity contribution is 5.48. The van der Waals surface area contributed by atoms with Crippen LogP contribution in [-0.4, -0.2) is 11.7 Å². The van der Waals surface area contributed by atoms with Crippen LogP contribution in [0.1, 0.15) is 32.3 Å². The van der Waals surface area contributed by atoms with Crippen LogP contribution in [0.2, 0.25) is 0 Å². The van der Waals surface area contributed by atoms with Crippen LogP contribution in [-0.2, 0) is 5.41 Å². The molecule has 0 saturated carbocycles. The van der Waals surface area contributed by atoms with Gasteiger partial charge in [0.2, 0.25) is 5.82 Å². The fourth-order valence-corrected chi connectivity index (χ4v) is 2.23. The summed E-state index contributed by atoms with van der Waals surface area (Å²) in [5.41, 5.74) is 0.762. The lowest BCUT2D eigenvalue weighted by Gasteiger charge is -2.21. The molecule has 0 aromatic heterocycles. The molecule has 0 radical (unpaired) electrons. The summed E-state index contributed by atoms with van der Waals surface area (Å²) in [7, 11) is 0. The molecule has 1 atom stereocenters. The van der Waals surface area contributed by atoms with Crippen molar-refractivity contribution in [1.29, 1.82) is 0 Å². The van der Waals surface area contributed by atoms with Gasteiger partial charge in [0.25, 0.3) is 0 Å². The number of rotatable bonds is 2. The van der Waals surface area contributed by atoms with E-state index in [1.807, 2.05) is 0 Å². The van der Waals surface area contributed by atoms with E-state index < -0.39 is 5.82 Å². The molecule has 0 fully saturated rings. The van der Waals surface area contributed by atoms with E-state index in [1.165, 1.54) is 6.07 Å². The molecule has 82 valence electrons. The minimum absolute atomic E-state index is 0.112. The third-order valence-electron chi connectivity index (χ3n) is 3.06. The van der Waals surface area contributed by atoms with Crippen LogP contribution in [0, 0.1) is 5.82 Å². The zero-order valence-electron chi connectivity index (χ0n) is 9.01. The van der Waals surface area contributed by atoms with Crippen molar-refractivity contribution in [2.75, 3.05) is 6.61 Å². The maximum absolute atomic E-state index is 13.5. The van der Waals surface area contributed by atoms with E-state index in [4.69, 9.17) is 4.74 Å². The zero-order valence-corrected chi connectivity index (χ0v) is 9.01. The fraction of sp³-hybridized carbons (Fsp3) is 0.500. The summed E-state index contributed by atoms with van der Waals surface area (Å²) in [6.45, 7) is 4.66. The van der Waals surface area contributed by atoms with E-state index in [9.17, 15) is 9.50 Å². The SMILES string of the molecule is CCCC1(C)COc2c1ccc(O)c2F. The molecule has 0 aliphatic carbocycles. The second-order valence-corrected chi connectivity index (χ2v) is 4.37. The Kier molecular flexibility index (Phi) is 2.33. The van der Waals surface area contributed by atoms with Crippen molar-refractivity contribution in [3.8, 4) is 11.5 Å². The van der Waals surface area contributed by atoms with Gasteiger partial charge >= 0.3 is 0 Å². The monoisotopic (exact) mass is 210 g/mol. The summed E-state index contributed by atoms with van der Waals surface area (Å²) in [4.78, 5) is 0. The maximum atomic E-state index is 13.5. The molecule has 1 aliphatic rings. The van der Waals surface area contributed by atoms with Crippen LogP contribution in [0.25, 0.3) is 0 Å². The van der Waals surface area contributed by atoms with Gasteiger partial charge in [0.05, 0.1) is 6.61 Å². The van der Waals surface area contributed by atoms with Crippen molar-refractivity contribution in [1.82, 2.24) is 0 Å². The van der Waals surface area contributed by atoms with Gasteiger partial charge in [0.1, 0.15) is 0 Å². The quantitative estimate of drug-likeness (QED) is 0.813. The first-order valence-electron chi connectivity index (χ1n) is 5.23. The third-order valence-corrected chi connectivity index (χ3v) is 3.06. The van der Waals surface area contributed by atoms with Crippen LogP contribution in [0.5, 0.6) is 11.5 Å². The lowest BCUT2D eigenvalue weighted by molar-refractivity contribution is 0.258. The largest absolute Gasteiger partial charge is 0.505 e. The van der Waals surface area contributed by atoms with Gasteiger partial charge in [-0.3, -0.25) is 0 Å². The fourth-order valence-electron chi connectivity index (χ4n) is 2.23. The summed E-state index contributed by atoms with van der Waals surface area (Å²) in [6, 6.07) is 3.16. The van der Waals surface area contributed by atoms with Crippen LogP contribution >= 0.6 is 0 Å². The second-order valence-electron chi connectivity index (χ2n) is 4.37. The number of hydrogen-bond donors (Lipinski definition) is 1. The van der Waals surface area contributed by atoms with Gasteiger partial charge in [-0.15, -0.1) is 0 Å². The van der Waals surface area contributed by atoms with Gasteiger partial charge in [0, 0.05) is 11.0 Å². The van der Waals surface area contributed by atoms with E-state index in [2.05, 4.69) is 13.8 Å². The lowest BCUT2D eigenvalue weighted by atomic mass is 9.80. The van der Waals surface area contributed by atoms with Crippen LogP contribution in [0.4, 0.5) is 4.39 Å². The Balaban J connectivity index is 2.48. The Morgan fingerprint density at radius 2 is 2.27 bits per heavy atom. The molecule has 1 unspecified atom stereocenters. The molecule has 1 aromatic carbocycles. The lowest BCUT2D eigenvalue weighted by Crippen LogP contribution is -2.23. The first kappa shape index (κ1) is 10.3. The number of hydrogen-bond acceptors (Lipinski definition) is 2. The standard InChI is InChI=1S/C12H15FO2/c1-3-6-12(2)7-15-11-8(12)4-5-9(14)10(11)13/h4-5,14H,3,6-7H2,1-2H3. The van der Waals surface area contributed by atoms with E-state index in [1.54, 1.807) is 6.07 Å². The maximum Gasteiger partial charge on any atom is 0.206 e. The Morgan fingerprint density at radius 3 is 2.93 bits per heavy atom. The van der Waals surface area contributed by atoms with Gasteiger partial charge < -0.3 is 9.84 Å². The normalized spacial score (nSPS) is 23.7. The number of phenolic OH excluding ortho intramolecular Hbond substituents is 1. The second kappa shape index (κ2) is 3.40. The van der Waals surface area contributed by atoms with Crippen molar-refractivity contribution in [3.05, 3.63) is 23.5 Å². The number of benzene rings is 1. The third kappa shape index (κ3) is 1.46. The molecule has 1 N–H and O–H groups in total. The van der Waals surface area contributed by atoms with Crippen LogP contribution < -0.4 is 4.74 Å². The average Bonchev–Trinajstić information content (AvgIpc) is 2.51. The van der Waals surface area contributed by atoms with Crippen molar-refractivity contribution in [2.24, 2.45) is 0 Å². The van der Waals surface area contributed by atoms with E-state index in [0.717, 1.165) is 18.4 Å². The molecule has 2 nitrogen and oxygen atoms in total. The van der Waals surface area contributed by atoms with Crippen molar-refractivity contribution in [3.63, 3.8) is 0 Å². The molecule has 1 heterocycles. The molecular formula is C12H15FO2. The van der Waals surface area contributed by atoms with Gasteiger partial charge in [-0.1, -0.05) is 26.3 Å². The molecule has 3 heteroatoms. The number of ether oxygens (including phenoxy) is 1. The van der Waals surface area contributed by atoms with Crippen LogP contribution in [0.3, 0.4) is 0 Å². The van der Waals surface area contributed by atoms with Crippen LogP contribution in [0.15, 0.2) is 12.1 Å². The molecule has 15 heavy (non-hydrogen) atoms. The summed E-state index contributed by atoms with van der Waals surface area (Å²) < 4.78 is 18.9. The predicted molar refractivity (Wildman–Crippen MR) is 55.8 cm³/mol. The van der Waals surface area contributed by atoms with Gasteiger partial charge in [-0.25, -0.2) is 0 Å². The molecule has 1 aromatic rings. The Labute approximate surface area is 88.7 Å². The summed E-state index contributed by atoms with van der Waals surface area (Å²) in [5.74, 6) is -0.743. The zero-order chi connectivity index (χ0) is 11.1.